The summed E-state index contributed by atoms with van der Waals surface area (Å²) in [4.78, 5) is 11.7. The van der Waals surface area contributed by atoms with Gasteiger partial charge in [0.25, 0.3) is 0 Å². The number of rotatable bonds is 3. The van der Waals surface area contributed by atoms with Gasteiger partial charge in [-0.2, -0.15) is 0 Å². The van der Waals surface area contributed by atoms with Crippen molar-refractivity contribution in [1.82, 2.24) is 5.32 Å². The Morgan fingerprint density at radius 2 is 1.95 bits per heavy atom. The van der Waals surface area contributed by atoms with Crippen molar-refractivity contribution in [2.24, 2.45) is 5.92 Å². The zero-order valence-electron chi connectivity index (χ0n) is 10.9. The molecule has 1 saturated carbocycles. The lowest BCUT2D eigenvalue weighted by molar-refractivity contribution is -0.117. The molecule has 1 aromatic carbocycles. The van der Waals surface area contributed by atoms with Gasteiger partial charge < -0.3 is 10.6 Å². The van der Waals surface area contributed by atoms with E-state index in [2.05, 4.69) is 10.6 Å². The summed E-state index contributed by atoms with van der Waals surface area (Å²) >= 11 is 0. The molecule has 0 unspecified atom stereocenters. The first-order chi connectivity index (χ1) is 9.24. The molecule has 102 valence electrons. The van der Waals surface area contributed by atoms with Crippen LogP contribution >= 0.6 is 0 Å². The predicted octanol–water partition coefficient (Wildman–Crippen LogP) is 2.64. The zero-order chi connectivity index (χ0) is 13.2. The lowest BCUT2D eigenvalue weighted by Gasteiger charge is -2.23. The molecule has 1 amide bonds. The number of anilines is 1. The summed E-state index contributed by atoms with van der Waals surface area (Å²) in [5, 5.41) is 6.17. The van der Waals surface area contributed by atoms with Crippen molar-refractivity contribution in [3.8, 4) is 0 Å². The minimum atomic E-state index is -0.156. The van der Waals surface area contributed by atoms with E-state index in [-0.39, 0.29) is 23.6 Å². The summed E-state index contributed by atoms with van der Waals surface area (Å²) in [5.74, 6) is 0.352. The summed E-state index contributed by atoms with van der Waals surface area (Å²) in [6.45, 7) is 1.87. The topological polar surface area (TPSA) is 41.1 Å². The van der Waals surface area contributed by atoms with Crippen LogP contribution in [0.2, 0.25) is 0 Å². The van der Waals surface area contributed by atoms with Crippen LogP contribution in [0.15, 0.2) is 18.2 Å². The van der Waals surface area contributed by atoms with Gasteiger partial charge >= 0.3 is 0 Å². The molecule has 1 aliphatic carbocycles. The van der Waals surface area contributed by atoms with Gasteiger partial charge in [-0.05, 0) is 68.5 Å². The van der Waals surface area contributed by atoms with Crippen molar-refractivity contribution in [2.75, 3.05) is 18.4 Å². The fourth-order valence-electron chi connectivity index (χ4n) is 2.66. The maximum atomic E-state index is 13.9. The third-order valence-electron chi connectivity index (χ3n) is 3.99. The van der Waals surface area contributed by atoms with Gasteiger partial charge in [0.15, 0.2) is 0 Å². The Labute approximate surface area is 112 Å². The molecule has 19 heavy (non-hydrogen) atoms. The van der Waals surface area contributed by atoms with Gasteiger partial charge in [-0.25, -0.2) is 4.39 Å². The van der Waals surface area contributed by atoms with Gasteiger partial charge in [0.1, 0.15) is 5.82 Å². The smallest absolute Gasteiger partial charge is 0.227 e. The predicted molar refractivity (Wildman–Crippen MR) is 72.6 cm³/mol. The molecule has 2 fully saturated rings. The van der Waals surface area contributed by atoms with E-state index < -0.39 is 0 Å². The first-order valence-electron chi connectivity index (χ1n) is 7.05. The third kappa shape index (κ3) is 2.95. The first-order valence-corrected chi connectivity index (χ1v) is 7.05. The van der Waals surface area contributed by atoms with Crippen LogP contribution in [0.4, 0.5) is 10.1 Å². The van der Waals surface area contributed by atoms with E-state index in [4.69, 9.17) is 0 Å². The third-order valence-corrected chi connectivity index (χ3v) is 3.99. The normalized spacial score (nSPS) is 20.3. The van der Waals surface area contributed by atoms with E-state index in [1.165, 1.54) is 6.07 Å². The van der Waals surface area contributed by atoms with E-state index in [0.29, 0.717) is 0 Å². The summed E-state index contributed by atoms with van der Waals surface area (Å²) < 4.78 is 13.9. The SMILES string of the molecule is O=C(Nc1ccc(F)c(C2CCNCC2)c1)C1CC1. The highest BCUT2D eigenvalue weighted by Crippen LogP contribution is 2.32. The lowest BCUT2D eigenvalue weighted by atomic mass is 9.89. The van der Waals surface area contributed by atoms with Crippen molar-refractivity contribution < 1.29 is 9.18 Å². The summed E-state index contributed by atoms with van der Waals surface area (Å²) in [7, 11) is 0. The van der Waals surface area contributed by atoms with E-state index in [9.17, 15) is 9.18 Å². The van der Waals surface area contributed by atoms with Crippen LogP contribution < -0.4 is 10.6 Å². The van der Waals surface area contributed by atoms with Crippen LogP contribution in [0.3, 0.4) is 0 Å². The molecular weight excluding hydrogens is 243 g/mol. The molecular formula is C15H19FN2O. The molecule has 1 saturated heterocycles. The van der Waals surface area contributed by atoms with E-state index in [1.54, 1.807) is 6.07 Å². The molecule has 0 bridgehead atoms. The van der Waals surface area contributed by atoms with Crippen molar-refractivity contribution in [3.63, 3.8) is 0 Å². The Kier molecular flexibility index (Phi) is 3.51. The van der Waals surface area contributed by atoms with Crippen molar-refractivity contribution in [2.45, 2.75) is 31.6 Å². The second-order valence-corrected chi connectivity index (χ2v) is 5.52. The Morgan fingerprint density at radius 3 is 2.63 bits per heavy atom. The summed E-state index contributed by atoms with van der Waals surface area (Å²) in [6, 6.07) is 4.94. The van der Waals surface area contributed by atoms with Crippen LogP contribution in [-0.4, -0.2) is 19.0 Å². The average molecular weight is 262 g/mol. The van der Waals surface area contributed by atoms with Gasteiger partial charge in [-0.3, -0.25) is 4.79 Å². The number of carbonyl (C=O) groups excluding carboxylic acids is 1. The molecule has 0 atom stereocenters. The number of hydrogen-bond acceptors (Lipinski definition) is 2. The minimum absolute atomic E-state index is 0.0721. The monoisotopic (exact) mass is 262 g/mol. The van der Waals surface area contributed by atoms with Gasteiger partial charge in [0.2, 0.25) is 5.91 Å². The van der Waals surface area contributed by atoms with Gasteiger partial charge in [-0.15, -0.1) is 0 Å². The average Bonchev–Trinajstić information content (AvgIpc) is 3.26. The number of piperidine rings is 1. The number of benzene rings is 1. The largest absolute Gasteiger partial charge is 0.326 e. The maximum absolute atomic E-state index is 13.9. The van der Waals surface area contributed by atoms with E-state index in [1.807, 2.05) is 6.07 Å². The van der Waals surface area contributed by atoms with Crippen LogP contribution in [-0.2, 0) is 4.79 Å². The van der Waals surface area contributed by atoms with Crippen LogP contribution in [0.1, 0.15) is 37.2 Å². The fourth-order valence-corrected chi connectivity index (χ4v) is 2.66. The number of halogens is 1. The van der Waals surface area contributed by atoms with Crippen LogP contribution in [0.25, 0.3) is 0 Å². The highest BCUT2D eigenvalue weighted by molar-refractivity contribution is 5.94. The second kappa shape index (κ2) is 5.29. The molecule has 4 heteroatoms. The van der Waals surface area contributed by atoms with Gasteiger partial charge in [0, 0.05) is 11.6 Å². The number of hydrogen-bond donors (Lipinski definition) is 2. The van der Waals surface area contributed by atoms with Gasteiger partial charge in [-0.1, -0.05) is 0 Å². The second-order valence-electron chi connectivity index (χ2n) is 5.52. The first kappa shape index (κ1) is 12.6. The lowest BCUT2D eigenvalue weighted by Crippen LogP contribution is -2.27. The summed E-state index contributed by atoms with van der Waals surface area (Å²) in [5.41, 5.74) is 1.47. The van der Waals surface area contributed by atoms with Gasteiger partial charge in [0.05, 0.1) is 0 Å². The number of nitrogens with one attached hydrogen (secondary N) is 2. The van der Waals surface area contributed by atoms with Crippen molar-refractivity contribution >= 4 is 11.6 Å². The minimum Gasteiger partial charge on any atom is -0.326 e. The molecule has 0 spiro atoms. The maximum Gasteiger partial charge on any atom is 0.227 e. The fraction of sp³-hybridized carbons (Fsp3) is 0.533. The number of carbonyl (C=O) groups is 1. The Bertz CT molecular complexity index is 479. The quantitative estimate of drug-likeness (QED) is 0.879. The van der Waals surface area contributed by atoms with Crippen molar-refractivity contribution in [3.05, 3.63) is 29.6 Å². The molecule has 1 heterocycles. The van der Waals surface area contributed by atoms with Crippen LogP contribution in [0.5, 0.6) is 0 Å². The highest BCUT2D eigenvalue weighted by Gasteiger charge is 2.29. The molecule has 0 radical (unpaired) electrons. The summed E-state index contributed by atoms with van der Waals surface area (Å²) in [6.07, 6.45) is 3.87. The molecule has 1 aliphatic heterocycles. The van der Waals surface area contributed by atoms with Crippen LogP contribution in [0, 0.1) is 11.7 Å². The Morgan fingerprint density at radius 1 is 1.21 bits per heavy atom. The molecule has 2 aliphatic rings. The molecule has 2 N–H and O–H groups in total. The Balaban J connectivity index is 1.76. The Hall–Kier alpha value is -1.42. The number of amides is 1. The van der Waals surface area contributed by atoms with Crippen molar-refractivity contribution in [1.29, 1.82) is 0 Å². The molecule has 1 aromatic rings. The molecule has 0 aromatic heterocycles. The highest BCUT2D eigenvalue weighted by atomic mass is 19.1. The standard InChI is InChI=1S/C15H19FN2O/c16-14-4-3-12(18-15(19)11-1-2-11)9-13(14)10-5-7-17-8-6-10/h3-4,9-11,17H,1-2,5-8H2,(H,18,19). The molecule has 3 rings (SSSR count). The molecule has 3 nitrogen and oxygen atoms in total. The van der Waals surface area contributed by atoms with E-state index >= 15 is 0 Å². The van der Waals surface area contributed by atoms with E-state index in [0.717, 1.165) is 50.0 Å². The zero-order valence-corrected chi connectivity index (χ0v) is 10.9.